The number of hydrogen-bond acceptors (Lipinski definition) is 7. The van der Waals surface area contributed by atoms with Gasteiger partial charge in [-0.1, -0.05) is 54.1 Å². The molecule has 0 spiro atoms. The molecule has 8 nitrogen and oxygen atoms in total. The molecule has 0 N–H and O–H groups in total. The highest BCUT2D eigenvalue weighted by Gasteiger charge is 2.36. The predicted octanol–water partition coefficient (Wildman–Crippen LogP) is 6.46. The molecule has 0 aromatic heterocycles. The van der Waals surface area contributed by atoms with E-state index in [1.54, 1.807) is 36.4 Å². The van der Waals surface area contributed by atoms with Gasteiger partial charge in [-0.25, -0.2) is 0 Å². The molecule has 3 aromatic rings. The van der Waals surface area contributed by atoms with Gasteiger partial charge in [0.25, 0.3) is 16.8 Å². The monoisotopic (exact) mass is 524 g/mol. The van der Waals surface area contributed by atoms with E-state index in [0.717, 1.165) is 22.2 Å². The summed E-state index contributed by atoms with van der Waals surface area (Å²) in [4.78, 5) is 37.5. The van der Waals surface area contributed by atoms with Crippen LogP contribution in [0.3, 0.4) is 0 Å². The molecule has 1 heterocycles. The highest BCUT2D eigenvalue weighted by Crippen LogP contribution is 2.36. The van der Waals surface area contributed by atoms with E-state index in [0.29, 0.717) is 28.7 Å². The molecule has 0 bridgehead atoms. The molecule has 0 saturated carbocycles. The van der Waals surface area contributed by atoms with Crippen LogP contribution < -0.4 is 9.47 Å². The number of nitrogens with zero attached hydrogens (tertiary/aromatic N) is 2. The zero-order valence-corrected chi connectivity index (χ0v) is 20.8. The number of rotatable bonds is 9. The largest absolute Gasteiger partial charge is 0.490 e. The zero-order valence-electron chi connectivity index (χ0n) is 19.2. The molecule has 1 fully saturated rings. The van der Waals surface area contributed by atoms with Gasteiger partial charge in [0.1, 0.15) is 6.61 Å². The van der Waals surface area contributed by atoms with Crippen LogP contribution >= 0.6 is 23.4 Å². The summed E-state index contributed by atoms with van der Waals surface area (Å²) in [6, 6.07) is 18.6. The van der Waals surface area contributed by atoms with Crippen molar-refractivity contribution in [2.24, 2.45) is 0 Å². The molecule has 3 aromatic carbocycles. The van der Waals surface area contributed by atoms with Gasteiger partial charge in [0.05, 0.1) is 23.0 Å². The maximum Gasteiger partial charge on any atom is 0.293 e. The van der Waals surface area contributed by atoms with E-state index in [-0.39, 0.29) is 29.3 Å². The van der Waals surface area contributed by atoms with Crippen LogP contribution in [-0.2, 0) is 17.9 Å². The van der Waals surface area contributed by atoms with Crippen molar-refractivity contribution in [3.63, 3.8) is 0 Å². The van der Waals surface area contributed by atoms with Crippen molar-refractivity contribution < 1.29 is 24.0 Å². The van der Waals surface area contributed by atoms with Crippen LogP contribution in [-0.4, -0.2) is 27.6 Å². The summed E-state index contributed by atoms with van der Waals surface area (Å²) >= 11 is 6.99. The molecule has 2 amide bonds. The summed E-state index contributed by atoms with van der Waals surface area (Å²) in [7, 11) is 0. The predicted molar refractivity (Wildman–Crippen MR) is 138 cm³/mol. The van der Waals surface area contributed by atoms with Crippen molar-refractivity contribution in [3.8, 4) is 11.5 Å². The van der Waals surface area contributed by atoms with Crippen molar-refractivity contribution >= 4 is 46.3 Å². The topological polar surface area (TPSA) is 99.0 Å². The molecular formula is C26H21ClN2O6S. The zero-order chi connectivity index (χ0) is 25.7. The molecule has 0 aliphatic carbocycles. The Kier molecular flexibility index (Phi) is 7.92. The highest BCUT2D eigenvalue weighted by atomic mass is 35.5. The molecule has 10 heteroatoms. The number of halogens is 1. The van der Waals surface area contributed by atoms with Gasteiger partial charge in [-0.2, -0.15) is 0 Å². The Balaban J connectivity index is 1.53. The first-order chi connectivity index (χ1) is 17.4. The van der Waals surface area contributed by atoms with Crippen molar-refractivity contribution in [1.29, 1.82) is 0 Å². The second-order valence-electron chi connectivity index (χ2n) is 7.67. The summed E-state index contributed by atoms with van der Waals surface area (Å²) in [5, 5.41) is 11.4. The normalized spacial score (nSPS) is 14.4. The Morgan fingerprint density at radius 3 is 2.44 bits per heavy atom. The molecule has 0 atom stereocenters. The molecule has 0 radical (unpaired) electrons. The van der Waals surface area contributed by atoms with Crippen LogP contribution in [0, 0.1) is 10.1 Å². The molecule has 4 rings (SSSR count). The number of amides is 2. The fraction of sp³-hybridized carbons (Fsp3) is 0.154. The van der Waals surface area contributed by atoms with Gasteiger partial charge >= 0.3 is 0 Å². The number of carbonyl (C=O) groups excluding carboxylic acids is 2. The number of hydrogen-bond donors (Lipinski definition) is 0. The van der Waals surface area contributed by atoms with Gasteiger partial charge in [0.15, 0.2) is 11.5 Å². The first kappa shape index (κ1) is 25.3. The molecular weight excluding hydrogens is 504 g/mol. The van der Waals surface area contributed by atoms with Crippen LogP contribution in [0.25, 0.3) is 6.08 Å². The van der Waals surface area contributed by atoms with Gasteiger partial charge in [0, 0.05) is 22.2 Å². The third-order valence-corrected chi connectivity index (χ3v) is 6.57. The molecule has 1 aliphatic heterocycles. The Hall–Kier alpha value is -3.82. The van der Waals surface area contributed by atoms with Crippen LogP contribution in [0.15, 0.2) is 71.6 Å². The number of benzene rings is 3. The Morgan fingerprint density at radius 1 is 1.00 bits per heavy atom. The molecule has 184 valence electrons. The lowest BCUT2D eigenvalue weighted by Crippen LogP contribution is -2.27. The fourth-order valence-corrected chi connectivity index (χ4v) is 4.58. The molecule has 0 unspecified atom stereocenters. The van der Waals surface area contributed by atoms with E-state index in [9.17, 15) is 19.7 Å². The van der Waals surface area contributed by atoms with Crippen molar-refractivity contribution in [1.82, 2.24) is 4.90 Å². The first-order valence-electron chi connectivity index (χ1n) is 11.0. The second-order valence-corrected chi connectivity index (χ2v) is 9.07. The van der Waals surface area contributed by atoms with E-state index in [1.165, 1.54) is 18.2 Å². The van der Waals surface area contributed by atoms with Gasteiger partial charge < -0.3 is 9.47 Å². The fourth-order valence-electron chi connectivity index (χ4n) is 3.55. The number of carbonyl (C=O) groups is 2. The summed E-state index contributed by atoms with van der Waals surface area (Å²) in [6.07, 6.45) is 1.59. The summed E-state index contributed by atoms with van der Waals surface area (Å²) in [5.74, 6) is 0.482. The Morgan fingerprint density at radius 2 is 1.72 bits per heavy atom. The maximum atomic E-state index is 13.0. The highest BCUT2D eigenvalue weighted by molar-refractivity contribution is 8.18. The van der Waals surface area contributed by atoms with E-state index in [2.05, 4.69) is 0 Å². The minimum absolute atomic E-state index is 0.144. The lowest BCUT2D eigenvalue weighted by atomic mass is 10.1. The van der Waals surface area contributed by atoms with E-state index in [1.807, 2.05) is 25.1 Å². The first-order valence-corrected chi connectivity index (χ1v) is 12.2. The van der Waals surface area contributed by atoms with Gasteiger partial charge in [0.2, 0.25) is 0 Å². The third kappa shape index (κ3) is 5.69. The van der Waals surface area contributed by atoms with Crippen molar-refractivity contribution in [2.75, 3.05) is 6.61 Å². The quantitative estimate of drug-likeness (QED) is 0.180. The van der Waals surface area contributed by atoms with Crippen LogP contribution in [0.1, 0.15) is 23.6 Å². The Labute approximate surface area is 216 Å². The van der Waals surface area contributed by atoms with Crippen molar-refractivity contribution in [2.45, 2.75) is 20.1 Å². The van der Waals surface area contributed by atoms with E-state index < -0.39 is 16.1 Å². The molecule has 1 aliphatic rings. The number of nitro groups is 1. The number of imide groups is 1. The third-order valence-electron chi connectivity index (χ3n) is 5.30. The lowest BCUT2D eigenvalue weighted by Gasteiger charge is -2.13. The van der Waals surface area contributed by atoms with Crippen LogP contribution in [0.5, 0.6) is 11.5 Å². The summed E-state index contributed by atoms with van der Waals surface area (Å²) < 4.78 is 11.6. The number of para-hydroxylation sites is 1. The van der Waals surface area contributed by atoms with Gasteiger partial charge in [-0.3, -0.25) is 24.6 Å². The van der Waals surface area contributed by atoms with Crippen LogP contribution in [0.2, 0.25) is 5.02 Å². The standard InChI is InChI=1S/C26H21ClN2O6S/c1-2-34-23-13-17(11-12-22(23)35-16-19-8-3-5-9-20(19)27)14-24-25(30)28(26(31)36-24)15-18-7-4-6-10-21(18)29(32)33/h3-14H,2,15-16H2,1H3/b24-14+. The maximum absolute atomic E-state index is 13.0. The van der Waals surface area contributed by atoms with E-state index in [4.69, 9.17) is 21.1 Å². The second kappa shape index (κ2) is 11.3. The minimum atomic E-state index is -0.533. The molecule has 36 heavy (non-hydrogen) atoms. The lowest BCUT2D eigenvalue weighted by molar-refractivity contribution is -0.385. The minimum Gasteiger partial charge on any atom is -0.490 e. The average Bonchev–Trinajstić information content (AvgIpc) is 3.12. The van der Waals surface area contributed by atoms with E-state index >= 15 is 0 Å². The number of thioether (sulfide) groups is 1. The Bertz CT molecular complexity index is 1360. The smallest absolute Gasteiger partial charge is 0.293 e. The van der Waals surface area contributed by atoms with Gasteiger partial charge in [-0.15, -0.1) is 0 Å². The SMILES string of the molecule is CCOc1cc(/C=C2/SC(=O)N(Cc3ccccc3[N+](=O)[O-])C2=O)ccc1OCc1ccccc1Cl. The summed E-state index contributed by atoms with van der Waals surface area (Å²) in [5.41, 5.74) is 1.61. The average molecular weight is 525 g/mol. The summed E-state index contributed by atoms with van der Waals surface area (Å²) in [6.45, 7) is 2.32. The van der Waals surface area contributed by atoms with Crippen LogP contribution in [0.4, 0.5) is 10.5 Å². The van der Waals surface area contributed by atoms with Gasteiger partial charge in [-0.05, 0) is 48.5 Å². The van der Waals surface area contributed by atoms with Crippen molar-refractivity contribution in [3.05, 3.63) is 103 Å². The number of ether oxygens (including phenoxy) is 2. The number of nitro benzene ring substituents is 1. The molecule has 1 saturated heterocycles.